The standard InChI is InChI=1S/C21H26N4O2S/c1-14-2-4-15(5-3-14)10-22-19-24-18-17(28-19)11-27-13-21(18)8-9-25(12-21)20(26)23-16-6-7-16/h2-5,16H,6-13H2,1H3,(H,22,24)(H,23,26)/t21-/m1/s1. The second-order valence-corrected chi connectivity index (χ2v) is 9.38. The number of hydrogen-bond donors (Lipinski definition) is 2. The second-order valence-electron chi connectivity index (χ2n) is 8.30. The monoisotopic (exact) mass is 398 g/mol. The molecule has 2 aromatic rings. The van der Waals surface area contributed by atoms with Crippen molar-refractivity contribution in [1.29, 1.82) is 0 Å². The Labute approximate surface area is 169 Å². The van der Waals surface area contributed by atoms with Crippen LogP contribution >= 0.6 is 11.3 Å². The van der Waals surface area contributed by atoms with E-state index in [1.165, 1.54) is 16.0 Å². The van der Waals surface area contributed by atoms with Gasteiger partial charge in [-0.15, -0.1) is 0 Å². The van der Waals surface area contributed by atoms with Crippen LogP contribution in [-0.2, 0) is 23.3 Å². The van der Waals surface area contributed by atoms with Crippen molar-refractivity contribution in [3.63, 3.8) is 0 Å². The number of nitrogens with one attached hydrogen (secondary N) is 2. The van der Waals surface area contributed by atoms with Gasteiger partial charge in [0.2, 0.25) is 0 Å². The Kier molecular flexibility index (Phi) is 4.51. The number of aromatic nitrogens is 1. The van der Waals surface area contributed by atoms with Crippen molar-refractivity contribution in [3.05, 3.63) is 46.0 Å². The van der Waals surface area contributed by atoms with Gasteiger partial charge in [0.15, 0.2) is 5.13 Å². The first-order valence-corrected chi connectivity index (χ1v) is 10.9. The summed E-state index contributed by atoms with van der Waals surface area (Å²) in [6, 6.07) is 9.01. The number of anilines is 1. The molecule has 1 spiro atoms. The first-order valence-electron chi connectivity index (χ1n) is 10.0. The molecule has 2 aliphatic heterocycles. The van der Waals surface area contributed by atoms with Crippen molar-refractivity contribution in [3.8, 4) is 0 Å². The van der Waals surface area contributed by atoms with Crippen LogP contribution in [0, 0.1) is 6.92 Å². The van der Waals surface area contributed by atoms with Crippen molar-refractivity contribution in [2.24, 2.45) is 0 Å². The van der Waals surface area contributed by atoms with Crippen LogP contribution in [0.1, 0.15) is 41.0 Å². The van der Waals surface area contributed by atoms with Crippen LogP contribution < -0.4 is 10.6 Å². The number of fused-ring (bicyclic) bond motifs is 2. The van der Waals surface area contributed by atoms with Crippen molar-refractivity contribution < 1.29 is 9.53 Å². The number of carbonyl (C=O) groups is 1. The summed E-state index contributed by atoms with van der Waals surface area (Å²) < 4.78 is 5.93. The summed E-state index contributed by atoms with van der Waals surface area (Å²) in [6.07, 6.45) is 3.14. The highest BCUT2D eigenvalue weighted by Gasteiger charge is 2.47. The van der Waals surface area contributed by atoms with E-state index in [2.05, 4.69) is 41.8 Å². The van der Waals surface area contributed by atoms with Gasteiger partial charge < -0.3 is 20.3 Å². The van der Waals surface area contributed by atoms with Gasteiger partial charge in [0.1, 0.15) is 0 Å². The predicted molar refractivity (Wildman–Crippen MR) is 110 cm³/mol. The quantitative estimate of drug-likeness (QED) is 0.828. The predicted octanol–water partition coefficient (Wildman–Crippen LogP) is 3.41. The number of aryl methyl sites for hydroxylation is 1. The zero-order chi connectivity index (χ0) is 19.1. The van der Waals surface area contributed by atoms with E-state index in [-0.39, 0.29) is 11.4 Å². The number of thiazole rings is 1. The van der Waals surface area contributed by atoms with Crippen molar-refractivity contribution in [1.82, 2.24) is 15.2 Å². The van der Waals surface area contributed by atoms with Crippen LogP contribution in [0.3, 0.4) is 0 Å². The molecule has 2 amide bonds. The lowest BCUT2D eigenvalue weighted by atomic mass is 9.82. The molecule has 1 aliphatic carbocycles. The molecule has 0 unspecified atom stereocenters. The van der Waals surface area contributed by atoms with Crippen LogP contribution in [0.4, 0.5) is 9.93 Å². The molecule has 1 aromatic carbocycles. The van der Waals surface area contributed by atoms with E-state index in [9.17, 15) is 4.79 Å². The fourth-order valence-corrected chi connectivity index (χ4v) is 5.10. The van der Waals surface area contributed by atoms with Gasteiger partial charge in [-0.25, -0.2) is 9.78 Å². The molecule has 1 saturated heterocycles. The summed E-state index contributed by atoms with van der Waals surface area (Å²) in [5.41, 5.74) is 3.49. The maximum absolute atomic E-state index is 12.5. The molecule has 1 aromatic heterocycles. The summed E-state index contributed by atoms with van der Waals surface area (Å²) in [7, 11) is 0. The van der Waals surface area contributed by atoms with Crippen molar-refractivity contribution >= 4 is 22.5 Å². The first-order chi connectivity index (χ1) is 13.6. The molecule has 7 heteroatoms. The van der Waals surface area contributed by atoms with Gasteiger partial charge in [0.25, 0.3) is 0 Å². The molecule has 1 saturated carbocycles. The molecular formula is C21H26N4O2S. The number of ether oxygens (including phenoxy) is 1. The summed E-state index contributed by atoms with van der Waals surface area (Å²) in [4.78, 5) is 20.6. The van der Waals surface area contributed by atoms with Crippen LogP contribution in [0.5, 0.6) is 0 Å². The Balaban J connectivity index is 1.29. The minimum Gasteiger partial charge on any atom is -0.375 e. The Morgan fingerprint density at radius 3 is 2.96 bits per heavy atom. The van der Waals surface area contributed by atoms with E-state index in [0.29, 0.717) is 25.8 Å². The number of benzene rings is 1. The summed E-state index contributed by atoms with van der Waals surface area (Å²) in [5, 5.41) is 7.52. The lowest BCUT2D eigenvalue weighted by molar-refractivity contribution is 0.0551. The topological polar surface area (TPSA) is 66.5 Å². The Bertz CT molecular complexity index is 877. The SMILES string of the molecule is Cc1ccc(CNc2nc3c(s2)COC[C@]32CCN(C(=O)NC3CC3)C2)cc1. The van der Waals surface area contributed by atoms with E-state index >= 15 is 0 Å². The lowest BCUT2D eigenvalue weighted by Gasteiger charge is -2.32. The highest BCUT2D eigenvalue weighted by molar-refractivity contribution is 7.15. The minimum absolute atomic E-state index is 0.0689. The molecule has 6 nitrogen and oxygen atoms in total. The molecule has 3 heterocycles. The highest BCUT2D eigenvalue weighted by Crippen LogP contribution is 2.43. The van der Waals surface area contributed by atoms with E-state index in [4.69, 9.17) is 9.72 Å². The zero-order valence-corrected chi connectivity index (χ0v) is 17.0. The van der Waals surface area contributed by atoms with Crippen LogP contribution in [-0.4, -0.2) is 41.7 Å². The molecule has 3 aliphatic rings. The Morgan fingerprint density at radius 2 is 2.18 bits per heavy atom. The summed E-state index contributed by atoms with van der Waals surface area (Å²) in [5.74, 6) is 0. The Morgan fingerprint density at radius 1 is 1.36 bits per heavy atom. The molecule has 0 radical (unpaired) electrons. The number of rotatable bonds is 4. The molecule has 2 fully saturated rings. The van der Waals surface area contributed by atoms with E-state index in [1.807, 2.05) is 4.90 Å². The maximum atomic E-state index is 12.5. The van der Waals surface area contributed by atoms with Gasteiger partial charge in [-0.2, -0.15) is 0 Å². The third-order valence-electron chi connectivity index (χ3n) is 5.92. The largest absolute Gasteiger partial charge is 0.375 e. The molecule has 0 bridgehead atoms. The van der Waals surface area contributed by atoms with Crippen molar-refractivity contribution in [2.45, 2.75) is 50.8 Å². The van der Waals surface area contributed by atoms with E-state index in [1.54, 1.807) is 11.3 Å². The molecule has 148 valence electrons. The summed E-state index contributed by atoms with van der Waals surface area (Å²) in [6.45, 7) is 5.59. The number of nitrogens with zero attached hydrogens (tertiary/aromatic N) is 2. The van der Waals surface area contributed by atoms with E-state index in [0.717, 1.165) is 43.2 Å². The molecule has 2 N–H and O–H groups in total. The number of hydrogen-bond acceptors (Lipinski definition) is 5. The fourth-order valence-electron chi connectivity index (χ4n) is 4.08. The van der Waals surface area contributed by atoms with Gasteiger partial charge in [0.05, 0.1) is 29.2 Å². The first kappa shape index (κ1) is 17.9. The summed E-state index contributed by atoms with van der Waals surface area (Å²) >= 11 is 1.68. The highest BCUT2D eigenvalue weighted by atomic mass is 32.1. The van der Waals surface area contributed by atoms with E-state index < -0.39 is 0 Å². The van der Waals surface area contributed by atoms with Gasteiger partial charge in [0, 0.05) is 25.7 Å². The third-order valence-corrected chi connectivity index (χ3v) is 6.91. The third kappa shape index (κ3) is 3.49. The average molecular weight is 399 g/mol. The van der Waals surface area contributed by atoms with Gasteiger partial charge >= 0.3 is 6.03 Å². The van der Waals surface area contributed by atoms with Crippen LogP contribution in [0.25, 0.3) is 0 Å². The molecule has 5 rings (SSSR count). The number of urea groups is 1. The molecule has 1 atom stereocenters. The van der Waals surface area contributed by atoms with Gasteiger partial charge in [-0.05, 0) is 31.7 Å². The molecular weight excluding hydrogens is 372 g/mol. The van der Waals surface area contributed by atoms with Crippen molar-refractivity contribution in [2.75, 3.05) is 25.0 Å². The normalized spacial score (nSPS) is 23.7. The zero-order valence-electron chi connectivity index (χ0n) is 16.2. The van der Waals surface area contributed by atoms with Gasteiger partial charge in [-0.3, -0.25) is 0 Å². The van der Waals surface area contributed by atoms with Gasteiger partial charge in [-0.1, -0.05) is 41.2 Å². The smallest absolute Gasteiger partial charge is 0.317 e. The Hall–Kier alpha value is -2.12. The molecule has 28 heavy (non-hydrogen) atoms. The number of amides is 2. The maximum Gasteiger partial charge on any atom is 0.317 e. The fraction of sp³-hybridized carbons (Fsp3) is 0.524. The van der Waals surface area contributed by atoms with Crippen LogP contribution in [0.2, 0.25) is 0 Å². The van der Waals surface area contributed by atoms with Crippen LogP contribution in [0.15, 0.2) is 24.3 Å². The average Bonchev–Trinajstić information content (AvgIpc) is 3.24. The second kappa shape index (κ2) is 7.04. The number of carbonyl (C=O) groups excluding carboxylic acids is 1. The number of likely N-dealkylation sites (tertiary alicyclic amines) is 1. The lowest BCUT2D eigenvalue weighted by Crippen LogP contribution is -2.44. The minimum atomic E-state index is -0.158.